The normalized spacial score (nSPS) is 14.7. The molecule has 1 aliphatic rings. The zero-order chi connectivity index (χ0) is 31.7. The van der Waals surface area contributed by atoms with Crippen LogP contribution in [0.4, 0.5) is 0 Å². The van der Waals surface area contributed by atoms with Crippen LogP contribution in [0, 0.1) is 6.92 Å². The lowest BCUT2D eigenvalue weighted by Crippen LogP contribution is -2.40. The second kappa shape index (κ2) is 12.5. The average molecular weight is 644 g/mol. The van der Waals surface area contributed by atoms with Crippen LogP contribution in [0.5, 0.6) is 0 Å². The molecular formula is C33H30ClN5O5S. The van der Waals surface area contributed by atoms with Gasteiger partial charge >= 0.3 is 0 Å². The van der Waals surface area contributed by atoms with E-state index in [1.807, 2.05) is 42.5 Å². The first kappa shape index (κ1) is 30.6. The summed E-state index contributed by atoms with van der Waals surface area (Å²) in [5.41, 5.74) is 2.21. The largest absolute Gasteiger partial charge is 0.379 e. The van der Waals surface area contributed by atoms with Crippen molar-refractivity contribution < 1.29 is 17.9 Å². The molecule has 5 aromatic rings. The topological polar surface area (TPSA) is 123 Å². The number of nitrogens with zero attached hydrogens (tertiary/aromatic N) is 4. The highest BCUT2D eigenvalue weighted by molar-refractivity contribution is 7.89. The number of halogens is 1. The van der Waals surface area contributed by atoms with E-state index in [2.05, 4.69) is 15.3 Å². The van der Waals surface area contributed by atoms with Crippen LogP contribution in [0.3, 0.4) is 0 Å². The minimum atomic E-state index is -3.73. The SMILES string of the molecule is Cc1ncc(-c2cccc(S(=O)(=O)N3CCOCC3)c2)nc1C(=O)N[C@@H](C)c1cc2cccc(Cl)c2c(=O)n1-c1ccccc1. The Hall–Kier alpha value is -4.42. The maximum Gasteiger partial charge on any atom is 0.272 e. The van der Waals surface area contributed by atoms with Crippen LogP contribution < -0.4 is 10.9 Å². The molecule has 1 amide bonds. The highest BCUT2D eigenvalue weighted by atomic mass is 35.5. The maximum absolute atomic E-state index is 13.8. The van der Waals surface area contributed by atoms with Crippen LogP contribution >= 0.6 is 11.6 Å². The van der Waals surface area contributed by atoms with Crippen molar-refractivity contribution in [2.45, 2.75) is 24.8 Å². The lowest BCUT2D eigenvalue weighted by molar-refractivity contribution is 0.0730. The molecule has 10 nitrogen and oxygen atoms in total. The highest BCUT2D eigenvalue weighted by Gasteiger charge is 2.27. The van der Waals surface area contributed by atoms with Crippen LogP contribution in [-0.4, -0.2) is 59.5 Å². The van der Waals surface area contributed by atoms with Crippen LogP contribution in [0.25, 0.3) is 27.7 Å². The molecule has 0 unspecified atom stereocenters. The molecule has 1 N–H and O–H groups in total. The van der Waals surface area contributed by atoms with Gasteiger partial charge in [-0.2, -0.15) is 4.31 Å². The van der Waals surface area contributed by atoms with E-state index in [1.165, 1.54) is 22.6 Å². The quantitative estimate of drug-likeness (QED) is 0.267. The van der Waals surface area contributed by atoms with Gasteiger partial charge in [0.25, 0.3) is 11.5 Å². The fourth-order valence-electron chi connectivity index (χ4n) is 5.40. The van der Waals surface area contributed by atoms with Crippen molar-refractivity contribution in [3.8, 4) is 16.9 Å². The van der Waals surface area contributed by atoms with Gasteiger partial charge in [0.05, 0.1) is 52.1 Å². The van der Waals surface area contributed by atoms with Crippen molar-refractivity contribution in [3.63, 3.8) is 0 Å². The predicted octanol–water partition coefficient (Wildman–Crippen LogP) is 4.92. The number of amides is 1. The van der Waals surface area contributed by atoms with E-state index in [4.69, 9.17) is 16.3 Å². The van der Waals surface area contributed by atoms with E-state index in [0.29, 0.717) is 57.3 Å². The summed E-state index contributed by atoms with van der Waals surface area (Å²) in [4.78, 5) is 36.6. The first-order chi connectivity index (χ1) is 21.6. The monoisotopic (exact) mass is 643 g/mol. The van der Waals surface area contributed by atoms with Crippen LogP contribution in [0.15, 0.2) is 94.7 Å². The van der Waals surface area contributed by atoms with Crippen molar-refractivity contribution in [3.05, 3.63) is 118 Å². The van der Waals surface area contributed by atoms with Gasteiger partial charge in [-0.05, 0) is 55.6 Å². The highest BCUT2D eigenvalue weighted by Crippen LogP contribution is 2.27. The summed E-state index contributed by atoms with van der Waals surface area (Å²) >= 11 is 6.44. The van der Waals surface area contributed by atoms with Crippen LogP contribution in [0.2, 0.25) is 5.02 Å². The van der Waals surface area contributed by atoms with Gasteiger partial charge in [-0.3, -0.25) is 19.1 Å². The Kier molecular flexibility index (Phi) is 8.52. The van der Waals surface area contributed by atoms with E-state index in [-0.39, 0.29) is 29.2 Å². The number of carbonyl (C=O) groups excluding carboxylic acids is 1. The van der Waals surface area contributed by atoms with Gasteiger partial charge in [-0.1, -0.05) is 54.1 Å². The smallest absolute Gasteiger partial charge is 0.272 e. The molecule has 0 saturated carbocycles. The van der Waals surface area contributed by atoms with Crippen LogP contribution in [-0.2, 0) is 14.8 Å². The Morgan fingerprint density at radius 1 is 1.00 bits per heavy atom. The average Bonchev–Trinajstić information content (AvgIpc) is 3.05. The number of morpholine rings is 1. The van der Waals surface area contributed by atoms with E-state index >= 15 is 0 Å². The summed E-state index contributed by atoms with van der Waals surface area (Å²) in [6.07, 6.45) is 1.51. The number of sulfonamides is 1. The number of para-hydroxylation sites is 1. The Bertz CT molecular complexity index is 2080. The molecule has 45 heavy (non-hydrogen) atoms. The number of rotatable bonds is 7. The lowest BCUT2D eigenvalue weighted by Gasteiger charge is -2.26. The van der Waals surface area contributed by atoms with Crippen molar-refractivity contribution in [1.82, 2.24) is 24.2 Å². The standard InChI is InChI=1S/C33H30ClN5O5S/c1-21(29-19-24-9-7-13-27(34)30(24)33(41)39(29)25-10-4-3-5-11-25)36-32(40)31-22(2)35-20-28(37-31)23-8-6-12-26(18-23)45(42,43)38-14-16-44-17-15-38/h3-13,18-21H,14-17H2,1-2H3,(H,36,40)/t21-/m0/s1. The van der Waals surface area contributed by atoms with E-state index < -0.39 is 22.0 Å². The fraction of sp³-hybridized carbons (Fsp3) is 0.212. The zero-order valence-corrected chi connectivity index (χ0v) is 26.2. The number of hydrogen-bond acceptors (Lipinski definition) is 7. The minimum Gasteiger partial charge on any atom is -0.379 e. The third-order valence-electron chi connectivity index (χ3n) is 7.74. The third kappa shape index (κ3) is 5.99. The molecule has 1 saturated heterocycles. The summed E-state index contributed by atoms with van der Waals surface area (Å²) in [5, 5.41) is 4.36. The van der Waals surface area contributed by atoms with Gasteiger partial charge in [0.2, 0.25) is 10.0 Å². The molecule has 3 aromatic carbocycles. The number of carbonyl (C=O) groups is 1. The molecule has 230 valence electrons. The number of aryl methyl sites for hydroxylation is 1. The number of fused-ring (bicyclic) bond motifs is 1. The van der Waals surface area contributed by atoms with E-state index in [0.717, 1.165) is 0 Å². The number of benzene rings is 3. The third-order valence-corrected chi connectivity index (χ3v) is 9.95. The van der Waals surface area contributed by atoms with Gasteiger partial charge in [0.1, 0.15) is 5.69 Å². The minimum absolute atomic E-state index is 0.0817. The summed E-state index contributed by atoms with van der Waals surface area (Å²) in [5.74, 6) is -0.496. The molecule has 0 aliphatic carbocycles. The van der Waals surface area contributed by atoms with Gasteiger partial charge in [-0.25, -0.2) is 13.4 Å². The number of ether oxygens (including phenoxy) is 1. The molecule has 12 heteroatoms. The van der Waals surface area contributed by atoms with E-state index in [9.17, 15) is 18.0 Å². The Balaban J connectivity index is 1.34. The molecule has 1 atom stereocenters. The number of nitrogens with one attached hydrogen (secondary N) is 1. The summed E-state index contributed by atoms with van der Waals surface area (Å²) in [7, 11) is -3.73. The Labute approximate surface area is 265 Å². The van der Waals surface area contributed by atoms with Crippen molar-refractivity contribution in [2.24, 2.45) is 0 Å². The molecule has 2 aromatic heterocycles. The van der Waals surface area contributed by atoms with Crippen molar-refractivity contribution in [1.29, 1.82) is 0 Å². The molecule has 1 fully saturated rings. The number of pyridine rings is 1. The second-order valence-electron chi connectivity index (χ2n) is 10.7. The van der Waals surface area contributed by atoms with Gasteiger partial charge < -0.3 is 10.1 Å². The first-order valence-corrected chi connectivity index (χ1v) is 16.2. The summed E-state index contributed by atoms with van der Waals surface area (Å²) in [6.45, 7) is 4.70. The molecule has 0 spiro atoms. The first-order valence-electron chi connectivity index (χ1n) is 14.4. The predicted molar refractivity (Wildman–Crippen MR) is 172 cm³/mol. The van der Waals surface area contributed by atoms with Gasteiger partial charge in [0, 0.05) is 30.0 Å². The molecule has 6 rings (SSSR count). The number of hydrogen-bond donors (Lipinski definition) is 1. The summed E-state index contributed by atoms with van der Waals surface area (Å²) < 4.78 is 34.7. The molecule has 0 radical (unpaired) electrons. The molecule has 1 aliphatic heterocycles. The second-order valence-corrected chi connectivity index (χ2v) is 13.0. The number of aromatic nitrogens is 3. The van der Waals surface area contributed by atoms with Gasteiger partial charge in [0.15, 0.2) is 0 Å². The fourth-order valence-corrected chi connectivity index (χ4v) is 7.11. The van der Waals surface area contributed by atoms with Gasteiger partial charge in [-0.15, -0.1) is 0 Å². The maximum atomic E-state index is 13.8. The Morgan fingerprint density at radius 2 is 1.73 bits per heavy atom. The summed E-state index contributed by atoms with van der Waals surface area (Å²) in [6, 6.07) is 22.1. The molecule has 0 bridgehead atoms. The van der Waals surface area contributed by atoms with E-state index in [1.54, 1.807) is 42.7 Å². The lowest BCUT2D eigenvalue weighted by atomic mass is 10.1. The zero-order valence-electron chi connectivity index (χ0n) is 24.6. The van der Waals surface area contributed by atoms with Crippen LogP contribution in [0.1, 0.15) is 34.8 Å². The van der Waals surface area contributed by atoms with Crippen molar-refractivity contribution in [2.75, 3.05) is 26.3 Å². The molecule has 3 heterocycles. The van der Waals surface area contributed by atoms with Crippen molar-refractivity contribution >= 4 is 38.3 Å². The molecular weight excluding hydrogens is 614 g/mol. The Morgan fingerprint density at radius 3 is 2.49 bits per heavy atom.